The van der Waals surface area contributed by atoms with Crippen molar-refractivity contribution in [1.82, 2.24) is 19.7 Å². The zero-order valence-electron chi connectivity index (χ0n) is 20.1. The molecule has 0 saturated heterocycles. The molecular weight excluding hydrogens is 482 g/mol. The molecule has 2 aromatic heterocycles. The zero-order valence-corrected chi connectivity index (χ0v) is 20.9. The number of fused-ring (bicyclic) bond motifs is 1. The van der Waals surface area contributed by atoms with E-state index in [0.29, 0.717) is 24.0 Å². The van der Waals surface area contributed by atoms with Gasteiger partial charge in [-0.05, 0) is 37.0 Å². The van der Waals surface area contributed by atoms with Crippen molar-refractivity contribution in [2.24, 2.45) is 5.92 Å². The van der Waals surface area contributed by atoms with Gasteiger partial charge in [0.05, 0.1) is 56.0 Å². The molecule has 0 bridgehead atoms. The van der Waals surface area contributed by atoms with Crippen LogP contribution < -0.4 is 14.4 Å². The number of rotatable bonds is 11. The van der Waals surface area contributed by atoms with E-state index in [1.165, 1.54) is 12.8 Å². The van der Waals surface area contributed by atoms with Crippen molar-refractivity contribution in [2.75, 3.05) is 38.4 Å². The zero-order chi connectivity index (χ0) is 24.2. The van der Waals surface area contributed by atoms with Crippen molar-refractivity contribution in [3.8, 4) is 22.8 Å². The summed E-state index contributed by atoms with van der Waals surface area (Å²) in [6, 6.07) is 11.9. The van der Waals surface area contributed by atoms with Gasteiger partial charge in [0.15, 0.2) is 0 Å². The number of anilines is 2. The predicted octanol–water partition coefficient (Wildman–Crippen LogP) is 3.84. The summed E-state index contributed by atoms with van der Waals surface area (Å²) in [5, 5.41) is 22.6. The quantitative estimate of drug-likeness (QED) is 0.313. The molecule has 2 N–H and O–H groups in total. The number of aromatic nitrogens is 4. The molecule has 10 heteroatoms. The molecule has 2 heterocycles. The van der Waals surface area contributed by atoms with Crippen molar-refractivity contribution >= 4 is 34.8 Å². The fourth-order valence-corrected chi connectivity index (χ4v) is 4.02. The van der Waals surface area contributed by atoms with E-state index in [-0.39, 0.29) is 32.2 Å². The SMILES string of the molecule is COc1cc(OCCO)cc(N(CC2CC2)c2ccc3ncc(-c4cnn(CCO)c4)nc3c2)c1.Cl. The molecule has 36 heavy (non-hydrogen) atoms. The molecule has 0 aliphatic heterocycles. The summed E-state index contributed by atoms with van der Waals surface area (Å²) >= 11 is 0. The molecule has 0 radical (unpaired) electrons. The van der Waals surface area contributed by atoms with Crippen LogP contribution >= 0.6 is 12.4 Å². The van der Waals surface area contributed by atoms with Gasteiger partial charge in [0.1, 0.15) is 18.1 Å². The van der Waals surface area contributed by atoms with Gasteiger partial charge in [0.2, 0.25) is 0 Å². The molecule has 0 amide bonds. The minimum absolute atomic E-state index is 0. The highest BCUT2D eigenvalue weighted by atomic mass is 35.5. The first-order valence-electron chi connectivity index (χ1n) is 11.8. The first kappa shape index (κ1) is 25.7. The molecule has 1 aliphatic carbocycles. The fraction of sp³-hybridized carbons (Fsp3) is 0.346. The monoisotopic (exact) mass is 511 g/mol. The Morgan fingerprint density at radius 3 is 2.58 bits per heavy atom. The molecule has 0 unspecified atom stereocenters. The minimum Gasteiger partial charge on any atom is -0.497 e. The number of hydrogen-bond acceptors (Lipinski definition) is 8. The molecule has 190 valence electrons. The molecule has 1 aliphatic rings. The first-order chi connectivity index (χ1) is 17.2. The number of halogens is 1. The lowest BCUT2D eigenvalue weighted by molar-refractivity contribution is 0.201. The Hall–Kier alpha value is -3.40. The average molecular weight is 512 g/mol. The van der Waals surface area contributed by atoms with Gasteiger partial charge in [-0.3, -0.25) is 9.67 Å². The number of ether oxygens (including phenoxy) is 2. The highest BCUT2D eigenvalue weighted by molar-refractivity contribution is 5.85. The lowest BCUT2D eigenvalue weighted by Crippen LogP contribution is -2.20. The van der Waals surface area contributed by atoms with E-state index < -0.39 is 0 Å². The Balaban J connectivity index is 0.00000304. The van der Waals surface area contributed by atoms with Crippen LogP contribution in [0.4, 0.5) is 11.4 Å². The number of aliphatic hydroxyl groups excluding tert-OH is 2. The lowest BCUT2D eigenvalue weighted by Gasteiger charge is -2.26. The largest absolute Gasteiger partial charge is 0.497 e. The van der Waals surface area contributed by atoms with E-state index in [0.717, 1.165) is 40.2 Å². The number of nitrogens with zero attached hydrogens (tertiary/aromatic N) is 5. The molecular formula is C26H30ClN5O4. The van der Waals surface area contributed by atoms with Gasteiger partial charge < -0.3 is 24.6 Å². The number of methoxy groups -OCH3 is 1. The third-order valence-corrected chi connectivity index (χ3v) is 6.01. The summed E-state index contributed by atoms with van der Waals surface area (Å²) in [7, 11) is 1.63. The van der Waals surface area contributed by atoms with Crippen LogP contribution in [0, 0.1) is 5.92 Å². The standard InChI is InChI=1S/C26H29N5O4.ClH/c1-34-22-10-21(11-23(13-22)35-9-8-33)31(16-18-2-3-18)20-4-5-24-25(12-20)29-26(15-27-24)19-14-28-30(17-19)6-7-32;/h4-5,10-15,17-18,32-33H,2-3,6-9,16H2,1H3;1H. The second-order valence-electron chi connectivity index (χ2n) is 8.64. The van der Waals surface area contributed by atoms with E-state index in [1.807, 2.05) is 30.5 Å². The van der Waals surface area contributed by atoms with Crippen molar-refractivity contribution in [3.05, 3.63) is 55.0 Å². The Kier molecular flexibility index (Phi) is 8.25. The highest BCUT2D eigenvalue weighted by Crippen LogP contribution is 2.38. The molecule has 0 atom stereocenters. The molecule has 1 saturated carbocycles. The van der Waals surface area contributed by atoms with Gasteiger partial charge in [-0.1, -0.05) is 0 Å². The molecule has 1 fully saturated rings. The first-order valence-corrected chi connectivity index (χ1v) is 11.8. The van der Waals surface area contributed by atoms with Crippen LogP contribution in [0.2, 0.25) is 0 Å². The molecule has 0 spiro atoms. The number of benzene rings is 2. The van der Waals surface area contributed by atoms with E-state index in [2.05, 4.69) is 27.1 Å². The summed E-state index contributed by atoms with van der Waals surface area (Å²) in [6.07, 6.45) is 7.77. The van der Waals surface area contributed by atoms with Crippen molar-refractivity contribution in [1.29, 1.82) is 0 Å². The maximum atomic E-state index is 9.18. The Bertz CT molecular complexity index is 1310. The lowest BCUT2D eigenvalue weighted by atomic mass is 10.1. The Morgan fingerprint density at radius 2 is 1.83 bits per heavy atom. The van der Waals surface area contributed by atoms with Gasteiger partial charge >= 0.3 is 0 Å². The molecule has 9 nitrogen and oxygen atoms in total. The third-order valence-electron chi connectivity index (χ3n) is 6.01. The van der Waals surface area contributed by atoms with E-state index in [9.17, 15) is 5.11 Å². The summed E-state index contributed by atoms with van der Waals surface area (Å²) < 4.78 is 12.9. The molecule has 2 aromatic carbocycles. The van der Waals surface area contributed by atoms with Crippen LogP contribution in [0.5, 0.6) is 11.5 Å². The summed E-state index contributed by atoms with van der Waals surface area (Å²) in [6.45, 7) is 1.51. The second-order valence-corrected chi connectivity index (χ2v) is 8.64. The van der Waals surface area contributed by atoms with Gasteiger partial charge in [-0.15, -0.1) is 12.4 Å². The number of hydrogen-bond donors (Lipinski definition) is 2. The normalized spacial score (nSPS) is 12.9. The maximum Gasteiger partial charge on any atom is 0.125 e. The van der Waals surface area contributed by atoms with Crippen molar-refractivity contribution in [3.63, 3.8) is 0 Å². The van der Waals surface area contributed by atoms with E-state index >= 15 is 0 Å². The average Bonchev–Trinajstić information content (AvgIpc) is 3.60. The Morgan fingerprint density at radius 1 is 1.00 bits per heavy atom. The second kappa shape index (κ2) is 11.6. The van der Waals surface area contributed by atoms with Crippen LogP contribution in [-0.4, -0.2) is 63.4 Å². The summed E-state index contributed by atoms with van der Waals surface area (Å²) in [5.74, 6) is 1.98. The van der Waals surface area contributed by atoms with Gasteiger partial charge in [-0.2, -0.15) is 5.10 Å². The molecule has 5 rings (SSSR count). The van der Waals surface area contributed by atoms with Crippen LogP contribution in [0.1, 0.15) is 12.8 Å². The van der Waals surface area contributed by atoms with Crippen molar-refractivity contribution in [2.45, 2.75) is 19.4 Å². The van der Waals surface area contributed by atoms with E-state index in [1.54, 1.807) is 24.2 Å². The van der Waals surface area contributed by atoms with Crippen molar-refractivity contribution < 1.29 is 19.7 Å². The van der Waals surface area contributed by atoms with Crippen LogP contribution in [-0.2, 0) is 6.54 Å². The van der Waals surface area contributed by atoms with Gasteiger partial charge in [-0.25, -0.2) is 4.98 Å². The summed E-state index contributed by atoms with van der Waals surface area (Å²) in [5.41, 5.74) is 5.14. The van der Waals surface area contributed by atoms with Crippen LogP contribution in [0.3, 0.4) is 0 Å². The number of aliphatic hydroxyl groups is 2. The smallest absolute Gasteiger partial charge is 0.125 e. The van der Waals surface area contributed by atoms with E-state index in [4.69, 9.17) is 19.6 Å². The highest BCUT2D eigenvalue weighted by Gasteiger charge is 2.26. The van der Waals surface area contributed by atoms with Gasteiger partial charge in [0.25, 0.3) is 0 Å². The topological polar surface area (TPSA) is 106 Å². The predicted molar refractivity (Wildman–Crippen MR) is 140 cm³/mol. The maximum absolute atomic E-state index is 9.18. The third kappa shape index (κ3) is 5.87. The molecule has 4 aromatic rings. The summed E-state index contributed by atoms with van der Waals surface area (Å²) in [4.78, 5) is 11.7. The van der Waals surface area contributed by atoms with Crippen LogP contribution in [0.15, 0.2) is 55.0 Å². The van der Waals surface area contributed by atoms with Gasteiger partial charge in [0, 0.05) is 47.9 Å². The Labute approximate surface area is 215 Å². The fourth-order valence-electron chi connectivity index (χ4n) is 4.02. The van der Waals surface area contributed by atoms with Crippen LogP contribution in [0.25, 0.3) is 22.3 Å². The minimum atomic E-state index is -0.0527.